The smallest absolute Gasteiger partial charge is 0.320 e. The molecule has 778 valence electrons. The monoisotopic (exact) mass is 2070 g/mol. The molecule has 0 atom stereocenters. The van der Waals surface area contributed by atoms with E-state index in [0.29, 0.717) is 109 Å². The van der Waals surface area contributed by atoms with Gasteiger partial charge in [-0.15, -0.1) is 45.3 Å². The van der Waals surface area contributed by atoms with Crippen molar-refractivity contribution in [3.8, 4) is 41.8 Å². The zero-order valence-corrected chi connectivity index (χ0v) is 89.4. The number of ketones is 4. The molecular weight excluding hydrogens is 1940 g/mol. The summed E-state index contributed by atoms with van der Waals surface area (Å²) in [6.45, 7) is 27.7. The molecule has 7 saturated heterocycles. The van der Waals surface area contributed by atoms with Gasteiger partial charge in [0.15, 0.2) is 23.1 Å². The molecule has 0 saturated carbocycles. The summed E-state index contributed by atoms with van der Waals surface area (Å²) in [4.78, 5) is 151. The number of rotatable bonds is 26. The lowest BCUT2D eigenvalue weighted by Gasteiger charge is -2.46. The topological polar surface area (TPSA) is 374 Å². The number of benzene rings is 5. The minimum absolute atomic E-state index is 0.00253. The normalized spacial score (nSPS) is 16.9. The number of likely N-dealkylation sites (N-methyl/N-ethyl adjacent to an activating group) is 1. The summed E-state index contributed by atoms with van der Waals surface area (Å²) in [6.07, 6.45) is 21.3. The molecule has 8 amide bonds. The maximum absolute atomic E-state index is 13.1. The van der Waals surface area contributed by atoms with Gasteiger partial charge in [0.25, 0.3) is 0 Å². The van der Waals surface area contributed by atoms with Gasteiger partial charge in [-0.3, -0.25) is 19.2 Å². The second kappa shape index (κ2) is 50.3. The molecule has 7 aliphatic heterocycles. The third kappa shape index (κ3) is 28.7. The summed E-state index contributed by atoms with van der Waals surface area (Å²) in [6, 6.07) is 48.4. The lowest BCUT2D eigenvalue weighted by atomic mass is 9.67. The summed E-state index contributed by atoms with van der Waals surface area (Å²) in [5.41, 5.74) is 38.4. The first kappa shape index (κ1) is 108. The zero-order chi connectivity index (χ0) is 104. The predicted molar refractivity (Wildman–Crippen MR) is 590 cm³/mol. The highest BCUT2D eigenvalue weighted by atomic mass is 32.1. The number of carbonyl (C=O) groups is 8. The fourth-order valence-corrected chi connectivity index (χ4v) is 23.2. The summed E-state index contributed by atoms with van der Waals surface area (Å²) >= 11 is 6.65. The second-order valence-electron chi connectivity index (χ2n) is 41.5. The van der Waals surface area contributed by atoms with E-state index in [1.54, 1.807) is 82.5 Å². The van der Waals surface area contributed by atoms with Crippen molar-refractivity contribution in [2.75, 3.05) is 161 Å². The van der Waals surface area contributed by atoms with Crippen LogP contribution in [-0.4, -0.2) is 261 Å². The average molecular weight is 2080 g/mol. The quantitative estimate of drug-likeness (QED) is 0.0248. The number of thiophene rings is 4. The molecule has 0 radical (unpaired) electrons. The highest BCUT2D eigenvalue weighted by molar-refractivity contribution is 7.14. The van der Waals surface area contributed by atoms with Crippen LogP contribution in [0.4, 0.5) is 41.9 Å². The minimum Gasteiger partial charge on any atom is -0.398 e. The van der Waals surface area contributed by atoms with E-state index in [-0.39, 0.29) is 95.2 Å². The molecule has 14 heterocycles. The Kier molecular flexibility index (Phi) is 36.6. The van der Waals surface area contributed by atoms with Gasteiger partial charge in [-0.1, -0.05) is 100 Å². The van der Waals surface area contributed by atoms with Gasteiger partial charge in [0, 0.05) is 241 Å². The van der Waals surface area contributed by atoms with Crippen molar-refractivity contribution in [3.05, 3.63) is 272 Å². The number of piperidine rings is 4. The Balaban J connectivity index is 0.000000141. The van der Waals surface area contributed by atoms with Crippen molar-refractivity contribution >= 4 is 115 Å². The van der Waals surface area contributed by atoms with Gasteiger partial charge in [-0.05, 0) is 251 Å². The van der Waals surface area contributed by atoms with Crippen LogP contribution in [0.1, 0.15) is 180 Å². The number of anilines is 4. The largest absolute Gasteiger partial charge is 0.398 e. The molecule has 7 aliphatic rings. The van der Waals surface area contributed by atoms with Crippen LogP contribution >= 0.6 is 45.3 Å². The number of nitrogens with two attached hydrogens (primary N) is 4. The summed E-state index contributed by atoms with van der Waals surface area (Å²) in [5.74, 6) is 3.00. The molecule has 5 aromatic carbocycles. The SMILES string of the molecule is CC(C)C1(Cc2ncc(C(=O)Cc3cc(-c4cccs4)ccc3N)cn2)CCN(C(=O)N2CCN(C)CC2)CC1.CC(C)NC(=O)N1CCC(C)(Cc2ncc(C(=O)Cc3cc(-c4cccs4)ccc3N)cn2)CC1.CC1(Cc2ccc(C(=O)Cc3cc(-c4cccs4)ccc3N)cc2)CCN(C(=O)N2CCOCC2)CC1.Nc1ccc(-c2cccs2)cc1CC(=O)c1cnc(CC2CCN(C(=O)N3CCOCC3)CC2)nc1. The molecule has 0 unspecified atom stereocenters. The maximum Gasteiger partial charge on any atom is 0.320 e. The van der Waals surface area contributed by atoms with Crippen molar-refractivity contribution in [3.63, 3.8) is 0 Å². The molecule has 33 heteroatoms. The predicted octanol–water partition coefficient (Wildman–Crippen LogP) is 19.3. The van der Waals surface area contributed by atoms with Crippen LogP contribution in [-0.2, 0) is 60.8 Å². The van der Waals surface area contributed by atoms with Gasteiger partial charge in [0.1, 0.15) is 17.5 Å². The molecule has 0 bridgehead atoms. The van der Waals surface area contributed by atoms with E-state index < -0.39 is 0 Å². The fourth-order valence-electron chi connectivity index (χ4n) is 20.3. The Labute approximate surface area is 884 Å². The Bertz CT molecular complexity index is 6440. The molecule has 0 spiro atoms. The molecule has 29 nitrogen and oxygen atoms in total. The Morgan fingerprint density at radius 2 is 0.682 bits per heavy atom. The lowest BCUT2D eigenvalue weighted by Crippen LogP contribution is -2.55. The van der Waals surface area contributed by atoms with Gasteiger partial charge >= 0.3 is 24.1 Å². The number of ether oxygens (including phenoxy) is 2. The number of hydrogen-bond acceptors (Lipinski definition) is 25. The number of urea groups is 4. The highest BCUT2D eigenvalue weighted by Crippen LogP contribution is 2.44. The van der Waals surface area contributed by atoms with E-state index in [2.05, 4.69) is 111 Å². The van der Waals surface area contributed by atoms with E-state index in [1.807, 2.05) is 179 Å². The fraction of sp³-hybridized carbons (Fsp3) is 0.426. The maximum atomic E-state index is 13.1. The van der Waals surface area contributed by atoms with Crippen LogP contribution in [0.3, 0.4) is 0 Å². The van der Waals surface area contributed by atoms with Crippen molar-refractivity contribution in [2.24, 2.45) is 28.1 Å². The van der Waals surface area contributed by atoms with E-state index in [9.17, 15) is 38.4 Å². The number of carbonyl (C=O) groups excluding carboxylic acids is 8. The van der Waals surface area contributed by atoms with Crippen molar-refractivity contribution < 1.29 is 47.8 Å². The molecule has 9 N–H and O–H groups in total. The van der Waals surface area contributed by atoms with Crippen molar-refractivity contribution in [1.82, 2.24) is 74.4 Å². The van der Waals surface area contributed by atoms with E-state index >= 15 is 0 Å². The summed E-state index contributed by atoms with van der Waals surface area (Å²) in [5, 5.41) is 11.1. The van der Waals surface area contributed by atoms with Crippen molar-refractivity contribution in [2.45, 2.75) is 150 Å². The number of morpholine rings is 2. The average Bonchev–Trinajstić information content (AvgIpc) is 1.77. The molecule has 19 rings (SSSR count). The molecule has 0 aliphatic carbocycles. The van der Waals surface area contributed by atoms with Gasteiger partial charge in [0.2, 0.25) is 0 Å². The van der Waals surface area contributed by atoms with Gasteiger partial charge < -0.3 is 76.9 Å². The number of amides is 8. The van der Waals surface area contributed by atoms with E-state index in [4.69, 9.17) is 32.4 Å². The third-order valence-corrected chi connectivity index (χ3v) is 33.8. The number of Topliss-reactive ketones (excluding diaryl/α,β-unsaturated/α-hetero) is 4. The highest BCUT2D eigenvalue weighted by Gasteiger charge is 2.42. The number of nitrogen functional groups attached to an aromatic ring is 4. The van der Waals surface area contributed by atoms with Crippen LogP contribution in [0.5, 0.6) is 0 Å². The number of hydrogen-bond donors (Lipinski definition) is 5. The number of aromatic nitrogens is 6. The molecule has 148 heavy (non-hydrogen) atoms. The summed E-state index contributed by atoms with van der Waals surface area (Å²) in [7, 11) is 2.10. The molecule has 12 aromatic rings. The molecule has 7 aromatic heterocycles. The van der Waals surface area contributed by atoms with Crippen LogP contribution in [0, 0.1) is 28.1 Å². The van der Waals surface area contributed by atoms with E-state index in [1.165, 1.54) is 10.4 Å². The number of piperazine rings is 1. The number of nitrogens with zero attached hydrogens (tertiary/aromatic N) is 14. The van der Waals surface area contributed by atoms with Crippen LogP contribution in [0.25, 0.3) is 41.8 Å². The first-order valence-corrected chi connectivity index (χ1v) is 55.3. The van der Waals surface area contributed by atoms with Crippen LogP contribution in [0.2, 0.25) is 0 Å². The minimum atomic E-state index is -0.0535. The molecule has 7 fully saturated rings. The second-order valence-corrected chi connectivity index (χ2v) is 45.3. The number of nitrogens with one attached hydrogen (secondary N) is 1. The number of likely N-dealkylation sites (tertiary alicyclic amines) is 4. The third-order valence-electron chi connectivity index (χ3n) is 30.1. The van der Waals surface area contributed by atoms with E-state index in [0.717, 1.165) is 232 Å². The van der Waals surface area contributed by atoms with Gasteiger partial charge in [0.05, 0.1) is 43.1 Å². The Morgan fingerprint density at radius 1 is 0.365 bits per heavy atom. The molecular formula is C115H139N19O10S4. The Hall–Kier alpha value is -13.0. The van der Waals surface area contributed by atoms with Crippen LogP contribution in [0.15, 0.2) is 204 Å². The lowest BCUT2D eigenvalue weighted by molar-refractivity contribution is 0.0360. The van der Waals surface area contributed by atoms with Crippen LogP contribution < -0.4 is 28.3 Å². The summed E-state index contributed by atoms with van der Waals surface area (Å²) < 4.78 is 10.7. The zero-order valence-electron chi connectivity index (χ0n) is 86.1. The standard InChI is InChI=1S/C31H40N6O2S.C30H35N3O3S.C27H31N5O3S.C27H33N5O2S/c1-22(2)31(8-10-36(11-9-31)30(39)37-14-12-35(3)13-15-37)19-29-33-20-25(21-34-29)27(38)18-24-17-23(6-7-26(24)32)28-5-4-16-40-28;1-30(10-12-32(13-11-30)29(35)33-14-16-36-17-15-33)21-22-4-6-23(7-5-22)27(34)20-25-19-24(8-9-26(25)31)28-3-2-18-37-28;28-23-4-3-20(25-2-1-13-36-25)15-21(23)16-24(33)22-17-29-26(30-18-22)14-19-5-7-31(8-6-19)27(34)32-9-11-35-12-10-32;1-18(2)31-26(34)32-10-8-27(3,9-11-32)15-25-29-16-21(17-30-25)23(33)14-20-13-19(6-7-22(20)28)24-5-4-12-35-24/h4-7,16-17,20-22H,8-15,18-19,32H2,1-3H3;2-9,18-19H,10-17,20-21,31H2,1H3;1-4,13,15,17-19H,5-12,14,16,28H2;4-7,12-13,16-18H,8-11,14-15,28H2,1-3H3,(H,31,34). The first-order chi connectivity index (χ1) is 71.4. The van der Waals surface area contributed by atoms with Gasteiger partial charge in [-0.25, -0.2) is 49.1 Å². The van der Waals surface area contributed by atoms with Gasteiger partial charge in [-0.2, -0.15) is 0 Å². The Morgan fingerprint density at radius 3 is 1.03 bits per heavy atom. The van der Waals surface area contributed by atoms with Crippen molar-refractivity contribution in [1.29, 1.82) is 0 Å². The first-order valence-electron chi connectivity index (χ1n) is 51.8.